The molecule has 3 heterocycles. The van der Waals surface area contributed by atoms with Crippen LogP contribution < -0.4 is 5.32 Å². The highest BCUT2D eigenvalue weighted by molar-refractivity contribution is 6.29. The van der Waals surface area contributed by atoms with Crippen molar-refractivity contribution in [3.8, 4) is 0 Å². The molecule has 2 saturated heterocycles. The van der Waals surface area contributed by atoms with Crippen LogP contribution in [0.4, 0.5) is 0 Å². The van der Waals surface area contributed by atoms with E-state index in [1.54, 1.807) is 6.20 Å². The molecule has 2 atom stereocenters. The summed E-state index contributed by atoms with van der Waals surface area (Å²) in [6, 6.07) is 0.694. The van der Waals surface area contributed by atoms with Crippen molar-refractivity contribution in [2.45, 2.75) is 25.4 Å². The Hall–Kier alpha value is -0.580. The van der Waals surface area contributed by atoms with Crippen LogP contribution in [-0.2, 0) is 13.6 Å². The minimum absolute atomic E-state index is 0.694. The zero-order chi connectivity index (χ0) is 11.8. The molecule has 17 heavy (non-hydrogen) atoms. The molecular formula is C12H19ClN4. The average Bonchev–Trinajstić information content (AvgIpc) is 2.87. The first-order valence-electron chi connectivity index (χ1n) is 6.36. The molecule has 2 aliphatic heterocycles. The molecule has 2 aliphatic rings. The van der Waals surface area contributed by atoms with Gasteiger partial charge < -0.3 is 9.88 Å². The Kier molecular flexibility index (Phi) is 3.11. The Balaban J connectivity index is 1.65. The third-order valence-electron chi connectivity index (χ3n) is 4.07. The van der Waals surface area contributed by atoms with Gasteiger partial charge in [0, 0.05) is 26.2 Å². The van der Waals surface area contributed by atoms with E-state index in [2.05, 4.69) is 15.2 Å². The molecule has 0 radical (unpaired) electrons. The highest BCUT2D eigenvalue weighted by Crippen LogP contribution is 2.26. The molecule has 5 heteroatoms. The van der Waals surface area contributed by atoms with Crippen LogP contribution in [0.3, 0.4) is 0 Å². The van der Waals surface area contributed by atoms with Gasteiger partial charge in [0.05, 0.1) is 12.7 Å². The predicted molar refractivity (Wildman–Crippen MR) is 68.0 cm³/mol. The lowest BCUT2D eigenvalue weighted by molar-refractivity contribution is 0.302. The molecule has 0 aliphatic carbocycles. The summed E-state index contributed by atoms with van der Waals surface area (Å²) in [6.07, 6.45) is 4.43. The van der Waals surface area contributed by atoms with E-state index in [1.165, 1.54) is 25.9 Å². The SMILES string of the molecule is Cn1c(Cl)cnc1CN1CC2CCCNC2C1. The Labute approximate surface area is 107 Å². The Morgan fingerprint density at radius 3 is 3.12 bits per heavy atom. The van der Waals surface area contributed by atoms with E-state index in [0.29, 0.717) is 6.04 Å². The quantitative estimate of drug-likeness (QED) is 0.863. The standard InChI is InChI=1S/C12H19ClN4/c1-16-11(13)5-15-12(16)8-17-6-9-3-2-4-14-10(9)7-17/h5,9-10,14H,2-4,6-8H2,1H3. The summed E-state index contributed by atoms with van der Waals surface area (Å²) in [5.74, 6) is 1.90. The molecule has 1 N–H and O–H groups in total. The molecule has 4 nitrogen and oxygen atoms in total. The second-order valence-electron chi connectivity index (χ2n) is 5.21. The van der Waals surface area contributed by atoms with Crippen LogP contribution in [0, 0.1) is 5.92 Å². The number of fused-ring (bicyclic) bond motifs is 1. The van der Waals surface area contributed by atoms with Gasteiger partial charge in [-0.05, 0) is 25.3 Å². The number of imidazole rings is 1. The zero-order valence-corrected chi connectivity index (χ0v) is 11.0. The van der Waals surface area contributed by atoms with Crippen LogP contribution in [-0.4, -0.2) is 40.1 Å². The van der Waals surface area contributed by atoms with Crippen molar-refractivity contribution >= 4 is 11.6 Å². The zero-order valence-electron chi connectivity index (χ0n) is 10.2. The molecule has 1 aromatic rings. The Bertz CT molecular complexity index is 389. The number of piperidine rings is 1. The summed E-state index contributed by atoms with van der Waals surface area (Å²) >= 11 is 6.01. The highest BCUT2D eigenvalue weighted by atomic mass is 35.5. The van der Waals surface area contributed by atoms with E-state index >= 15 is 0 Å². The van der Waals surface area contributed by atoms with E-state index < -0.39 is 0 Å². The van der Waals surface area contributed by atoms with Gasteiger partial charge in [-0.25, -0.2) is 4.98 Å². The van der Waals surface area contributed by atoms with Crippen molar-refractivity contribution in [1.29, 1.82) is 0 Å². The van der Waals surface area contributed by atoms with Crippen molar-refractivity contribution in [1.82, 2.24) is 19.8 Å². The molecule has 94 valence electrons. The molecule has 3 rings (SSSR count). The molecule has 0 spiro atoms. The summed E-state index contributed by atoms with van der Waals surface area (Å²) in [6.45, 7) is 4.44. The number of hydrogen-bond donors (Lipinski definition) is 1. The van der Waals surface area contributed by atoms with Gasteiger partial charge in [-0.2, -0.15) is 0 Å². The number of hydrogen-bond acceptors (Lipinski definition) is 3. The predicted octanol–water partition coefficient (Wildman–Crippen LogP) is 1.26. The lowest BCUT2D eigenvalue weighted by Gasteiger charge is -2.24. The van der Waals surface area contributed by atoms with Crippen molar-refractivity contribution in [3.63, 3.8) is 0 Å². The van der Waals surface area contributed by atoms with Gasteiger partial charge in [-0.3, -0.25) is 4.90 Å². The molecule has 0 saturated carbocycles. The molecule has 0 bridgehead atoms. The first-order valence-corrected chi connectivity index (χ1v) is 6.73. The smallest absolute Gasteiger partial charge is 0.128 e. The summed E-state index contributed by atoms with van der Waals surface area (Å²) in [5.41, 5.74) is 0. The Morgan fingerprint density at radius 2 is 2.41 bits per heavy atom. The largest absolute Gasteiger partial charge is 0.321 e. The fourth-order valence-corrected chi connectivity index (χ4v) is 3.18. The third-order valence-corrected chi connectivity index (χ3v) is 4.42. The van der Waals surface area contributed by atoms with Gasteiger partial charge >= 0.3 is 0 Å². The molecular weight excluding hydrogens is 236 g/mol. The van der Waals surface area contributed by atoms with Crippen LogP contribution in [0.5, 0.6) is 0 Å². The number of rotatable bonds is 2. The number of halogens is 1. The normalized spacial score (nSPS) is 29.5. The maximum absolute atomic E-state index is 6.01. The molecule has 2 fully saturated rings. The number of likely N-dealkylation sites (tertiary alicyclic amines) is 1. The second-order valence-corrected chi connectivity index (χ2v) is 5.60. The van der Waals surface area contributed by atoms with Gasteiger partial charge in [-0.15, -0.1) is 0 Å². The van der Waals surface area contributed by atoms with Gasteiger partial charge in [0.15, 0.2) is 0 Å². The molecule has 0 amide bonds. The van der Waals surface area contributed by atoms with Gasteiger partial charge in [-0.1, -0.05) is 11.6 Å². The number of nitrogens with one attached hydrogen (secondary N) is 1. The van der Waals surface area contributed by atoms with E-state index in [-0.39, 0.29) is 0 Å². The van der Waals surface area contributed by atoms with Crippen molar-refractivity contribution in [3.05, 3.63) is 17.2 Å². The summed E-state index contributed by atoms with van der Waals surface area (Å²) in [5, 5.41) is 4.34. The van der Waals surface area contributed by atoms with Crippen molar-refractivity contribution in [2.75, 3.05) is 19.6 Å². The number of nitrogens with zero attached hydrogens (tertiary/aromatic N) is 3. The molecule has 1 aromatic heterocycles. The lowest BCUT2D eigenvalue weighted by Crippen LogP contribution is -2.40. The van der Waals surface area contributed by atoms with Gasteiger partial charge in [0.25, 0.3) is 0 Å². The Morgan fingerprint density at radius 1 is 1.53 bits per heavy atom. The molecule has 2 unspecified atom stereocenters. The molecule has 0 aromatic carbocycles. The van der Waals surface area contributed by atoms with Crippen molar-refractivity contribution in [2.24, 2.45) is 13.0 Å². The van der Waals surface area contributed by atoms with Crippen molar-refractivity contribution < 1.29 is 0 Å². The monoisotopic (exact) mass is 254 g/mol. The maximum atomic E-state index is 6.01. The van der Waals surface area contributed by atoms with Crippen LogP contribution in [0.2, 0.25) is 5.15 Å². The van der Waals surface area contributed by atoms with E-state index in [4.69, 9.17) is 11.6 Å². The van der Waals surface area contributed by atoms with Gasteiger partial charge in [0.2, 0.25) is 0 Å². The number of aromatic nitrogens is 2. The third kappa shape index (κ3) is 2.21. The average molecular weight is 255 g/mol. The fraction of sp³-hybridized carbons (Fsp3) is 0.750. The topological polar surface area (TPSA) is 33.1 Å². The van der Waals surface area contributed by atoms with Crippen LogP contribution >= 0.6 is 11.6 Å². The minimum Gasteiger partial charge on any atom is -0.321 e. The van der Waals surface area contributed by atoms with E-state index in [9.17, 15) is 0 Å². The second kappa shape index (κ2) is 4.59. The lowest BCUT2D eigenvalue weighted by atomic mass is 9.94. The summed E-state index contributed by atoms with van der Waals surface area (Å²) in [7, 11) is 1.98. The highest BCUT2D eigenvalue weighted by Gasteiger charge is 2.34. The summed E-state index contributed by atoms with van der Waals surface area (Å²) in [4.78, 5) is 6.86. The first kappa shape index (κ1) is 11.5. The van der Waals surface area contributed by atoms with Gasteiger partial charge in [0.1, 0.15) is 11.0 Å². The van der Waals surface area contributed by atoms with Crippen LogP contribution in [0.25, 0.3) is 0 Å². The van der Waals surface area contributed by atoms with E-state index in [1.807, 2.05) is 11.6 Å². The van der Waals surface area contributed by atoms with Crippen LogP contribution in [0.1, 0.15) is 18.7 Å². The summed E-state index contributed by atoms with van der Waals surface area (Å²) < 4.78 is 1.97. The fourth-order valence-electron chi connectivity index (χ4n) is 3.04. The first-order chi connectivity index (χ1) is 8.24. The maximum Gasteiger partial charge on any atom is 0.128 e. The van der Waals surface area contributed by atoms with E-state index in [0.717, 1.165) is 30.0 Å². The van der Waals surface area contributed by atoms with Crippen LogP contribution in [0.15, 0.2) is 6.20 Å². The minimum atomic E-state index is 0.694.